The molecule has 2 atom stereocenters. The fourth-order valence-corrected chi connectivity index (χ4v) is 5.21. The van der Waals surface area contributed by atoms with Gasteiger partial charge in [-0.2, -0.15) is 0 Å². The lowest BCUT2D eigenvalue weighted by Gasteiger charge is -2.29. The van der Waals surface area contributed by atoms with E-state index in [0.29, 0.717) is 6.42 Å². The van der Waals surface area contributed by atoms with Crippen LogP contribution in [0.2, 0.25) is 0 Å². The number of unbranched alkanes of at least 4 members (excludes halogenated alkanes) is 1. The van der Waals surface area contributed by atoms with Crippen LogP contribution in [0.3, 0.4) is 0 Å². The largest absolute Gasteiger partial charge is 0.332 e. The lowest BCUT2D eigenvalue weighted by molar-refractivity contribution is -0.141. The molecule has 1 aromatic carbocycles. The molecule has 2 aliphatic rings. The maximum absolute atomic E-state index is 13.8. The van der Waals surface area contributed by atoms with E-state index in [4.69, 9.17) is 10.2 Å². The molecule has 2 N–H and O–H groups in total. The molecule has 8 heteroatoms. The van der Waals surface area contributed by atoms with E-state index >= 15 is 0 Å². The average molecular weight is 456 g/mol. The number of likely N-dealkylation sites (N-methyl/N-ethyl adjacent to an activating group) is 1. The van der Waals surface area contributed by atoms with Crippen molar-refractivity contribution in [3.8, 4) is 0 Å². The normalized spacial score (nSPS) is 20.0. The van der Waals surface area contributed by atoms with Gasteiger partial charge in [-0.1, -0.05) is 31.9 Å². The average Bonchev–Trinajstić information content (AvgIpc) is 3.30. The Morgan fingerprint density at radius 3 is 2.73 bits per heavy atom. The summed E-state index contributed by atoms with van der Waals surface area (Å²) in [5.74, 6) is 0.0516. The minimum atomic E-state index is -0.500. The van der Waals surface area contributed by atoms with Crippen molar-refractivity contribution < 1.29 is 14.8 Å². The maximum atomic E-state index is 13.8. The van der Waals surface area contributed by atoms with Gasteiger partial charge in [0.1, 0.15) is 5.82 Å². The van der Waals surface area contributed by atoms with Gasteiger partial charge >= 0.3 is 0 Å². The molecule has 1 spiro atoms. The summed E-state index contributed by atoms with van der Waals surface area (Å²) >= 11 is 0. The highest BCUT2D eigenvalue weighted by Crippen LogP contribution is 2.58. The van der Waals surface area contributed by atoms with Crippen LogP contribution in [0.5, 0.6) is 0 Å². The molecule has 2 aromatic rings. The minimum Gasteiger partial charge on any atom is -0.332 e. The molecule has 0 bridgehead atoms. The minimum absolute atomic E-state index is 0.0165. The highest BCUT2D eigenvalue weighted by atomic mass is 16.5. The van der Waals surface area contributed by atoms with Crippen LogP contribution in [-0.4, -0.2) is 63.6 Å². The number of benzene rings is 1. The molecule has 33 heavy (non-hydrogen) atoms. The molecule has 4 rings (SSSR count). The van der Waals surface area contributed by atoms with Crippen LogP contribution < -0.4 is 5.48 Å². The van der Waals surface area contributed by atoms with Crippen molar-refractivity contribution in [1.82, 2.24) is 24.8 Å². The molecule has 2 amide bonds. The molecule has 1 aliphatic carbocycles. The first-order valence-corrected chi connectivity index (χ1v) is 12.2. The predicted molar refractivity (Wildman–Crippen MR) is 127 cm³/mol. The predicted octanol–water partition coefficient (Wildman–Crippen LogP) is 3.35. The Morgan fingerprint density at radius 2 is 2.06 bits per heavy atom. The zero-order valence-electron chi connectivity index (χ0n) is 20.1. The van der Waals surface area contributed by atoms with Gasteiger partial charge in [-0.15, -0.1) is 0 Å². The lowest BCUT2D eigenvalue weighted by atomic mass is 9.96. The summed E-state index contributed by atoms with van der Waals surface area (Å²) in [5, 5.41) is 9.06. The van der Waals surface area contributed by atoms with Gasteiger partial charge in [0, 0.05) is 32.0 Å². The molecule has 1 unspecified atom stereocenters. The van der Waals surface area contributed by atoms with E-state index in [0.717, 1.165) is 68.6 Å². The van der Waals surface area contributed by atoms with Crippen molar-refractivity contribution in [3.63, 3.8) is 0 Å². The van der Waals surface area contributed by atoms with Crippen molar-refractivity contribution in [2.75, 3.05) is 27.2 Å². The van der Waals surface area contributed by atoms with Crippen LogP contribution >= 0.6 is 0 Å². The lowest BCUT2D eigenvalue weighted by Crippen LogP contribution is -2.39. The summed E-state index contributed by atoms with van der Waals surface area (Å²) in [6, 6.07) is 8.09. The highest BCUT2D eigenvalue weighted by Gasteiger charge is 2.55. The topological polar surface area (TPSA) is 90.7 Å². The van der Waals surface area contributed by atoms with Gasteiger partial charge in [0.15, 0.2) is 0 Å². The van der Waals surface area contributed by atoms with Gasteiger partial charge in [-0.05, 0) is 57.3 Å². The van der Waals surface area contributed by atoms with E-state index in [9.17, 15) is 9.59 Å². The second-order valence-corrected chi connectivity index (χ2v) is 10.2. The molecule has 1 aliphatic heterocycles. The number of likely N-dealkylation sites (tertiary alicyclic amines) is 1. The molecule has 180 valence electrons. The van der Waals surface area contributed by atoms with E-state index in [1.54, 1.807) is 5.48 Å². The Bertz CT molecular complexity index is 997. The highest BCUT2D eigenvalue weighted by molar-refractivity contribution is 5.86. The van der Waals surface area contributed by atoms with Gasteiger partial charge in [0.25, 0.3) is 0 Å². The summed E-state index contributed by atoms with van der Waals surface area (Å²) < 4.78 is 2.28. The third-order valence-electron chi connectivity index (χ3n) is 7.31. The summed E-state index contributed by atoms with van der Waals surface area (Å²) in [6.45, 7) is 4.50. The zero-order valence-corrected chi connectivity index (χ0v) is 20.1. The van der Waals surface area contributed by atoms with Crippen LogP contribution in [-0.2, 0) is 16.1 Å². The number of amides is 2. The van der Waals surface area contributed by atoms with Crippen LogP contribution in [0.15, 0.2) is 24.3 Å². The maximum Gasteiger partial charge on any atom is 0.244 e. The van der Waals surface area contributed by atoms with Crippen LogP contribution in [0, 0.1) is 11.3 Å². The zero-order chi connectivity index (χ0) is 23.6. The van der Waals surface area contributed by atoms with Gasteiger partial charge in [0.2, 0.25) is 11.8 Å². The quantitative estimate of drug-likeness (QED) is 0.424. The van der Waals surface area contributed by atoms with Crippen molar-refractivity contribution in [2.45, 2.75) is 64.5 Å². The van der Waals surface area contributed by atoms with Gasteiger partial charge < -0.3 is 14.4 Å². The number of fused-ring (bicyclic) bond motifs is 1. The van der Waals surface area contributed by atoms with Gasteiger partial charge in [0.05, 0.1) is 17.1 Å². The smallest absolute Gasteiger partial charge is 0.244 e. The molecule has 1 saturated carbocycles. The Kier molecular flexibility index (Phi) is 7.05. The number of hydroxylamine groups is 1. The first-order valence-electron chi connectivity index (χ1n) is 12.2. The van der Waals surface area contributed by atoms with Gasteiger partial charge in [-0.3, -0.25) is 14.8 Å². The van der Waals surface area contributed by atoms with Crippen molar-refractivity contribution in [3.05, 3.63) is 30.1 Å². The number of carbonyl (C=O) groups excluding carboxylic acids is 2. The van der Waals surface area contributed by atoms with E-state index in [1.807, 2.05) is 23.1 Å². The first kappa shape index (κ1) is 23.7. The number of nitrogens with zero attached hydrogens (tertiary/aromatic N) is 4. The summed E-state index contributed by atoms with van der Waals surface area (Å²) in [7, 11) is 4.13. The number of carbonyl (C=O) groups is 2. The Morgan fingerprint density at radius 1 is 1.30 bits per heavy atom. The van der Waals surface area contributed by atoms with Gasteiger partial charge in [-0.25, -0.2) is 10.5 Å². The van der Waals surface area contributed by atoms with E-state index in [1.165, 1.54) is 0 Å². The number of hydrogen-bond acceptors (Lipinski definition) is 5. The monoisotopic (exact) mass is 455 g/mol. The number of rotatable bonds is 10. The molecule has 1 aromatic heterocycles. The molecule has 2 fully saturated rings. The second-order valence-electron chi connectivity index (χ2n) is 10.2. The number of aromatic nitrogens is 2. The third kappa shape index (κ3) is 5.06. The summed E-state index contributed by atoms with van der Waals surface area (Å²) in [5.41, 5.74) is 3.96. The summed E-state index contributed by atoms with van der Waals surface area (Å²) in [4.78, 5) is 35.0. The number of hydrogen-bond donors (Lipinski definition) is 2. The van der Waals surface area contributed by atoms with Crippen LogP contribution in [0.1, 0.15) is 63.7 Å². The van der Waals surface area contributed by atoms with E-state index < -0.39 is 11.8 Å². The Hall–Kier alpha value is -2.45. The molecule has 8 nitrogen and oxygen atoms in total. The Balaban J connectivity index is 1.68. The van der Waals surface area contributed by atoms with Crippen molar-refractivity contribution >= 4 is 22.8 Å². The number of nitrogens with one attached hydrogen (secondary N) is 1. The van der Waals surface area contributed by atoms with Crippen LogP contribution in [0.25, 0.3) is 11.0 Å². The number of para-hydroxylation sites is 2. The summed E-state index contributed by atoms with van der Waals surface area (Å²) in [6.07, 6.45) is 5.71. The van der Waals surface area contributed by atoms with Crippen molar-refractivity contribution in [1.29, 1.82) is 0 Å². The molecule has 1 saturated heterocycles. The standard InChI is InChI=1S/C25H37N5O3/c1-4-5-8-18(15-22(31)27-33)24(32)30-17-25(11-12-25)16-21(30)23-26-19-9-6-7-10-20(19)29(23)14-13-28(2)3/h6-7,9-10,18,21,33H,4-5,8,11-17H2,1-3H3,(H,27,31)/t18?,21-/m0/s1. The fraction of sp³-hybridized carbons (Fsp3) is 0.640. The molecular weight excluding hydrogens is 418 g/mol. The molecule has 2 heterocycles. The van der Waals surface area contributed by atoms with Crippen molar-refractivity contribution in [2.24, 2.45) is 11.3 Å². The first-order chi connectivity index (χ1) is 15.9. The van der Waals surface area contributed by atoms with E-state index in [2.05, 4.69) is 36.6 Å². The third-order valence-corrected chi connectivity index (χ3v) is 7.31. The Labute approximate surface area is 195 Å². The van der Waals surface area contributed by atoms with Crippen LogP contribution in [0.4, 0.5) is 0 Å². The number of imidazole rings is 1. The molecular formula is C25H37N5O3. The SMILES string of the molecule is CCCCC(CC(=O)NO)C(=O)N1CC2(CC2)C[C@H]1c1nc2ccccc2n1CCN(C)C. The fourth-order valence-electron chi connectivity index (χ4n) is 5.21. The molecule has 0 radical (unpaired) electrons. The second kappa shape index (κ2) is 9.81. The van der Waals surface area contributed by atoms with E-state index in [-0.39, 0.29) is 23.8 Å².